The molecule has 0 saturated heterocycles. The van der Waals surface area contributed by atoms with Crippen molar-refractivity contribution >= 4 is 17.8 Å². The molecule has 6 heteroatoms. The number of amides is 1. The molecule has 1 rings (SSSR count). The molecule has 0 aromatic heterocycles. The van der Waals surface area contributed by atoms with Crippen LogP contribution < -0.4 is 5.32 Å². The third-order valence-electron chi connectivity index (χ3n) is 1.67. The van der Waals surface area contributed by atoms with Crippen molar-refractivity contribution in [1.82, 2.24) is 10.2 Å². The molecule has 72 valence electrons. The van der Waals surface area contributed by atoms with E-state index in [9.17, 15) is 9.59 Å². The third kappa shape index (κ3) is 2.17. The molecule has 1 aliphatic rings. The van der Waals surface area contributed by atoms with Crippen molar-refractivity contribution in [3.8, 4) is 0 Å². The molecule has 0 radical (unpaired) electrons. The smallest absolute Gasteiger partial charge is 0.323 e. The lowest BCUT2D eigenvalue weighted by molar-refractivity contribution is -0.137. The van der Waals surface area contributed by atoms with E-state index in [-0.39, 0.29) is 18.5 Å². The Kier molecular flexibility index (Phi) is 2.50. The fraction of sp³-hybridized carbons (Fsp3) is 0.571. The maximum Gasteiger partial charge on any atom is 0.323 e. The number of aliphatic carboxylic acids is 1. The molecule has 6 nitrogen and oxygen atoms in total. The van der Waals surface area contributed by atoms with Crippen molar-refractivity contribution < 1.29 is 14.7 Å². The van der Waals surface area contributed by atoms with Gasteiger partial charge in [-0.15, -0.1) is 0 Å². The Morgan fingerprint density at radius 3 is 2.77 bits per heavy atom. The second-order valence-electron chi connectivity index (χ2n) is 2.89. The van der Waals surface area contributed by atoms with Gasteiger partial charge in [0, 0.05) is 7.05 Å². The highest BCUT2D eigenvalue weighted by Gasteiger charge is 2.24. The van der Waals surface area contributed by atoms with E-state index in [1.165, 1.54) is 4.90 Å². The third-order valence-corrected chi connectivity index (χ3v) is 1.67. The molecule has 0 aromatic carbocycles. The van der Waals surface area contributed by atoms with Crippen LogP contribution in [-0.2, 0) is 9.59 Å². The standard InChI is InChI=1S/C7H11N3O3/c1-4-6(13)9-7(8-4)10(2)3-5(11)12/h4H,3H2,1-2H3,(H,11,12)(H,8,9,13). The fourth-order valence-corrected chi connectivity index (χ4v) is 0.962. The number of rotatable bonds is 2. The quantitative estimate of drug-likeness (QED) is 0.569. The molecule has 0 aliphatic carbocycles. The van der Waals surface area contributed by atoms with Crippen LogP contribution in [0.2, 0.25) is 0 Å². The fourth-order valence-electron chi connectivity index (χ4n) is 0.962. The highest BCUT2D eigenvalue weighted by molar-refractivity contribution is 6.03. The maximum atomic E-state index is 11.0. The van der Waals surface area contributed by atoms with Gasteiger partial charge < -0.3 is 15.3 Å². The van der Waals surface area contributed by atoms with Crippen molar-refractivity contribution in [3.05, 3.63) is 0 Å². The highest BCUT2D eigenvalue weighted by atomic mass is 16.4. The molecule has 0 bridgehead atoms. The van der Waals surface area contributed by atoms with Crippen LogP contribution in [0.1, 0.15) is 6.92 Å². The van der Waals surface area contributed by atoms with Gasteiger partial charge in [-0.25, -0.2) is 0 Å². The lowest BCUT2D eigenvalue weighted by Crippen LogP contribution is -2.41. The van der Waals surface area contributed by atoms with E-state index in [2.05, 4.69) is 10.3 Å². The summed E-state index contributed by atoms with van der Waals surface area (Å²) >= 11 is 0. The van der Waals surface area contributed by atoms with Gasteiger partial charge in [-0.05, 0) is 6.92 Å². The summed E-state index contributed by atoms with van der Waals surface area (Å²) in [5, 5.41) is 11.2. The average Bonchev–Trinajstić information content (AvgIpc) is 2.31. The summed E-state index contributed by atoms with van der Waals surface area (Å²) in [6, 6.07) is -0.355. The maximum absolute atomic E-state index is 11.0. The number of nitrogens with one attached hydrogen (secondary N) is 1. The predicted octanol–water partition coefficient (Wildman–Crippen LogP) is -1.12. The number of carbonyl (C=O) groups is 2. The van der Waals surface area contributed by atoms with E-state index in [1.807, 2.05) is 0 Å². The normalized spacial score (nSPS) is 20.9. The first-order valence-electron chi connectivity index (χ1n) is 3.82. The summed E-state index contributed by atoms with van der Waals surface area (Å²) in [5.74, 6) is -0.911. The zero-order valence-corrected chi connectivity index (χ0v) is 7.44. The number of carbonyl (C=O) groups excluding carboxylic acids is 1. The SMILES string of the molecule is CC1NC(N(C)CC(=O)O)=NC1=O. The van der Waals surface area contributed by atoms with Gasteiger partial charge in [0.1, 0.15) is 12.6 Å². The molecule has 2 N–H and O–H groups in total. The van der Waals surface area contributed by atoms with Gasteiger partial charge >= 0.3 is 5.97 Å². The van der Waals surface area contributed by atoms with Crippen LogP contribution in [0, 0.1) is 0 Å². The summed E-state index contributed by atoms with van der Waals surface area (Å²) in [7, 11) is 1.56. The minimum absolute atomic E-state index is 0.175. The Morgan fingerprint density at radius 2 is 2.38 bits per heavy atom. The van der Waals surface area contributed by atoms with Crippen molar-refractivity contribution in [1.29, 1.82) is 0 Å². The van der Waals surface area contributed by atoms with Crippen LogP contribution in [0.15, 0.2) is 4.99 Å². The van der Waals surface area contributed by atoms with Gasteiger partial charge in [-0.2, -0.15) is 4.99 Å². The molecule has 13 heavy (non-hydrogen) atoms. The number of guanidine groups is 1. The number of hydrogen-bond donors (Lipinski definition) is 2. The lowest BCUT2D eigenvalue weighted by atomic mass is 10.3. The lowest BCUT2D eigenvalue weighted by Gasteiger charge is -2.16. The monoisotopic (exact) mass is 185 g/mol. The van der Waals surface area contributed by atoms with Crippen LogP contribution in [0.4, 0.5) is 0 Å². The Labute approximate surface area is 75.2 Å². The number of likely N-dealkylation sites (N-methyl/N-ethyl adjacent to an activating group) is 1. The van der Waals surface area contributed by atoms with Crippen LogP contribution in [0.25, 0.3) is 0 Å². The zero-order valence-electron chi connectivity index (χ0n) is 7.44. The van der Waals surface area contributed by atoms with Crippen LogP contribution in [0.3, 0.4) is 0 Å². The summed E-state index contributed by atoms with van der Waals surface area (Å²) in [6.07, 6.45) is 0. The molecular formula is C7H11N3O3. The van der Waals surface area contributed by atoms with E-state index >= 15 is 0 Å². The van der Waals surface area contributed by atoms with Gasteiger partial charge in [0.25, 0.3) is 5.91 Å². The van der Waals surface area contributed by atoms with Crippen LogP contribution >= 0.6 is 0 Å². The molecule has 0 aromatic rings. The molecule has 1 amide bonds. The largest absolute Gasteiger partial charge is 0.480 e. The van der Waals surface area contributed by atoms with Crippen molar-refractivity contribution in [3.63, 3.8) is 0 Å². The minimum Gasteiger partial charge on any atom is -0.480 e. The number of hydrogen-bond acceptors (Lipinski definition) is 4. The molecule has 0 spiro atoms. The van der Waals surface area contributed by atoms with E-state index in [0.717, 1.165) is 0 Å². The number of nitrogens with zero attached hydrogens (tertiary/aromatic N) is 2. The van der Waals surface area contributed by atoms with E-state index in [0.29, 0.717) is 5.96 Å². The Morgan fingerprint density at radius 1 is 1.77 bits per heavy atom. The van der Waals surface area contributed by atoms with Crippen molar-refractivity contribution in [2.75, 3.05) is 13.6 Å². The number of aliphatic imine (C=N–C) groups is 1. The number of carboxylic acids is 1. The summed E-state index contributed by atoms with van der Waals surface area (Å²) < 4.78 is 0. The first kappa shape index (κ1) is 9.50. The van der Waals surface area contributed by atoms with Crippen LogP contribution in [0.5, 0.6) is 0 Å². The molecule has 1 unspecified atom stereocenters. The molecule has 1 aliphatic heterocycles. The topological polar surface area (TPSA) is 82.0 Å². The van der Waals surface area contributed by atoms with Crippen molar-refractivity contribution in [2.24, 2.45) is 4.99 Å². The Hall–Kier alpha value is -1.59. The molecule has 0 fully saturated rings. The average molecular weight is 185 g/mol. The van der Waals surface area contributed by atoms with E-state index in [4.69, 9.17) is 5.11 Å². The van der Waals surface area contributed by atoms with E-state index in [1.54, 1.807) is 14.0 Å². The van der Waals surface area contributed by atoms with Gasteiger partial charge in [-0.1, -0.05) is 0 Å². The molecule has 1 heterocycles. The van der Waals surface area contributed by atoms with Gasteiger partial charge in [-0.3, -0.25) is 9.59 Å². The summed E-state index contributed by atoms with van der Waals surface area (Å²) in [4.78, 5) is 26.3. The first-order valence-corrected chi connectivity index (χ1v) is 3.82. The summed E-state index contributed by atoms with van der Waals surface area (Å²) in [6.45, 7) is 1.50. The van der Waals surface area contributed by atoms with Gasteiger partial charge in [0.15, 0.2) is 0 Å². The summed E-state index contributed by atoms with van der Waals surface area (Å²) in [5.41, 5.74) is 0. The molecular weight excluding hydrogens is 174 g/mol. The van der Waals surface area contributed by atoms with Crippen LogP contribution in [-0.4, -0.2) is 47.5 Å². The Bertz CT molecular complexity index is 274. The molecule has 0 saturated carbocycles. The van der Waals surface area contributed by atoms with Gasteiger partial charge in [0.2, 0.25) is 5.96 Å². The van der Waals surface area contributed by atoms with Gasteiger partial charge in [0.05, 0.1) is 0 Å². The minimum atomic E-state index is -0.959. The first-order chi connectivity index (χ1) is 6.00. The zero-order chi connectivity index (χ0) is 10.0. The highest BCUT2D eigenvalue weighted by Crippen LogP contribution is 1.99. The van der Waals surface area contributed by atoms with Crippen molar-refractivity contribution in [2.45, 2.75) is 13.0 Å². The number of carboxylic acid groups (broad SMARTS) is 1. The van der Waals surface area contributed by atoms with E-state index < -0.39 is 5.97 Å². The predicted molar refractivity (Wildman–Crippen MR) is 45.3 cm³/mol. The second-order valence-corrected chi connectivity index (χ2v) is 2.89. The Balaban J connectivity index is 2.59. The molecule has 1 atom stereocenters. The second kappa shape index (κ2) is 3.42.